The summed E-state index contributed by atoms with van der Waals surface area (Å²) < 4.78 is 0. The molecule has 2 aromatic rings. The fourth-order valence-electron chi connectivity index (χ4n) is 3.03. The number of hydrogen-bond acceptors (Lipinski definition) is 2. The zero-order valence-electron chi connectivity index (χ0n) is 17.1. The Morgan fingerprint density at radius 1 is 1.07 bits per heavy atom. The van der Waals surface area contributed by atoms with Crippen LogP contribution in [0.1, 0.15) is 44.7 Å². The van der Waals surface area contributed by atoms with E-state index in [1.54, 1.807) is 30.0 Å². The van der Waals surface area contributed by atoms with Gasteiger partial charge in [-0.2, -0.15) is 0 Å². The molecule has 1 N–H and O–H groups in total. The van der Waals surface area contributed by atoms with Crippen molar-refractivity contribution in [2.24, 2.45) is 0 Å². The third kappa shape index (κ3) is 6.76. The van der Waals surface area contributed by atoms with E-state index in [9.17, 15) is 9.59 Å². The minimum Gasteiger partial charge on any atom is -0.352 e. The Hall–Kier alpha value is -2.04. The van der Waals surface area contributed by atoms with Gasteiger partial charge in [0.25, 0.3) is 0 Å². The quantitative estimate of drug-likeness (QED) is 0.584. The Morgan fingerprint density at radius 2 is 1.76 bits per heavy atom. The molecule has 0 aliphatic rings. The zero-order chi connectivity index (χ0) is 21.4. The summed E-state index contributed by atoms with van der Waals surface area (Å²) in [5, 5.41) is 4.04. The van der Waals surface area contributed by atoms with E-state index in [-0.39, 0.29) is 24.4 Å². The smallest absolute Gasteiger partial charge is 0.243 e. The molecule has 0 aliphatic heterocycles. The maximum absolute atomic E-state index is 13.1. The fourth-order valence-corrected chi connectivity index (χ4v) is 3.50. The molecule has 2 aromatic carbocycles. The molecule has 0 spiro atoms. The van der Waals surface area contributed by atoms with Crippen LogP contribution in [0.25, 0.3) is 0 Å². The van der Waals surface area contributed by atoms with Crippen LogP contribution < -0.4 is 5.32 Å². The molecule has 0 unspecified atom stereocenters. The zero-order valence-corrected chi connectivity index (χ0v) is 18.6. The lowest BCUT2D eigenvalue weighted by Gasteiger charge is -2.32. The second-order valence-corrected chi connectivity index (χ2v) is 7.98. The summed E-state index contributed by atoms with van der Waals surface area (Å²) in [7, 11) is 0. The van der Waals surface area contributed by atoms with Crippen LogP contribution in [0.3, 0.4) is 0 Å². The molecule has 4 nitrogen and oxygen atoms in total. The van der Waals surface area contributed by atoms with Crippen molar-refractivity contribution in [2.45, 2.75) is 58.7 Å². The van der Waals surface area contributed by atoms with Crippen LogP contribution >= 0.6 is 23.2 Å². The van der Waals surface area contributed by atoms with E-state index in [2.05, 4.69) is 5.32 Å². The predicted octanol–water partition coefficient (Wildman–Crippen LogP) is 5.26. The van der Waals surface area contributed by atoms with Gasteiger partial charge in [-0.1, -0.05) is 73.4 Å². The van der Waals surface area contributed by atoms with Gasteiger partial charge in [0.05, 0.1) is 0 Å². The van der Waals surface area contributed by atoms with Gasteiger partial charge in [-0.15, -0.1) is 0 Å². The van der Waals surface area contributed by atoms with E-state index in [0.717, 1.165) is 17.5 Å². The Labute approximate surface area is 183 Å². The number of rotatable bonds is 9. The second kappa shape index (κ2) is 11.2. The monoisotopic (exact) mass is 434 g/mol. The standard InChI is InChI=1S/C23H28Cl2N2O2/c1-4-16(3)26-23(29)21(13-17-9-7-6-8-10-17)27(22(28)5-2)15-18-11-12-19(24)14-20(18)25/h6-12,14,16,21H,4-5,13,15H2,1-3H3,(H,26,29)/t16-,21+/m0/s1. The van der Waals surface area contributed by atoms with Crippen molar-refractivity contribution in [3.63, 3.8) is 0 Å². The van der Waals surface area contributed by atoms with E-state index in [1.807, 2.05) is 44.2 Å². The van der Waals surface area contributed by atoms with E-state index >= 15 is 0 Å². The highest BCUT2D eigenvalue weighted by Gasteiger charge is 2.30. The summed E-state index contributed by atoms with van der Waals surface area (Å²) in [5.41, 5.74) is 1.75. The average molecular weight is 435 g/mol. The van der Waals surface area contributed by atoms with E-state index in [1.165, 1.54) is 0 Å². The molecule has 156 valence electrons. The highest BCUT2D eigenvalue weighted by atomic mass is 35.5. The second-order valence-electron chi connectivity index (χ2n) is 7.13. The van der Waals surface area contributed by atoms with Crippen LogP contribution in [-0.2, 0) is 22.6 Å². The van der Waals surface area contributed by atoms with Crippen LogP contribution in [-0.4, -0.2) is 28.8 Å². The Kier molecular flexibility index (Phi) is 8.99. The number of nitrogens with one attached hydrogen (secondary N) is 1. The van der Waals surface area contributed by atoms with Gasteiger partial charge < -0.3 is 10.2 Å². The van der Waals surface area contributed by atoms with Crippen molar-refractivity contribution >= 4 is 35.0 Å². The lowest BCUT2D eigenvalue weighted by Crippen LogP contribution is -2.52. The lowest BCUT2D eigenvalue weighted by molar-refractivity contribution is -0.141. The molecule has 0 aliphatic carbocycles. The molecular weight excluding hydrogens is 407 g/mol. The van der Waals surface area contributed by atoms with Crippen molar-refractivity contribution < 1.29 is 9.59 Å². The van der Waals surface area contributed by atoms with Crippen molar-refractivity contribution in [3.05, 3.63) is 69.7 Å². The van der Waals surface area contributed by atoms with Crippen molar-refractivity contribution in [1.29, 1.82) is 0 Å². The van der Waals surface area contributed by atoms with Crippen LogP contribution in [0.15, 0.2) is 48.5 Å². The first kappa shape index (κ1) is 23.2. The molecule has 0 bridgehead atoms. The molecule has 2 atom stereocenters. The number of benzene rings is 2. The van der Waals surface area contributed by atoms with Gasteiger partial charge in [0, 0.05) is 35.5 Å². The molecular formula is C23H28Cl2N2O2. The van der Waals surface area contributed by atoms with E-state index < -0.39 is 6.04 Å². The number of halogens is 2. The minimum absolute atomic E-state index is 0.0264. The Balaban J connectivity index is 2.39. The molecule has 0 saturated carbocycles. The molecule has 0 fully saturated rings. The highest BCUT2D eigenvalue weighted by molar-refractivity contribution is 6.35. The molecule has 2 amide bonds. The minimum atomic E-state index is -0.634. The first-order chi connectivity index (χ1) is 13.8. The van der Waals surface area contributed by atoms with E-state index in [4.69, 9.17) is 23.2 Å². The van der Waals surface area contributed by atoms with Crippen molar-refractivity contribution in [2.75, 3.05) is 0 Å². The van der Waals surface area contributed by atoms with Crippen LogP contribution in [0.2, 0.25) is 10.0 Å². The van der Waals surface area contributed by atoms with Gasteiger partial charge in [0.2, 0.25) is 11.8 Å². The normalized spacial score (nSPS) is 12.9. The molecule has 0 radical (unpaired) electrons. The van der Waals surface area contributed by atoms with Gasteiger partial charge in [0.1, 0.15) is 6.04 Å². The number of nitrogens with zero attached hydrogens (tertiary/aromatic N) is 1. The van der Waals surface area contributed by atoms with Gasteiger partial charge in [-0.25, -0.2) is 0 Å². The van der Waals surface area contributed by atoms with E-state index in [0.29, 0.717) is 22.9 Å². The summed E-state index contributed by atoms with van der Waals surface area (Å²) >= 11 is 12.4. The van der Waals surface area contributed by atoms with Gasteiger partial charge in [-0.05, 0) is 36.6 Å². The van der Waals surface area contributed by atoms with Gasteiger partial charge in [-0.3, -0.25) is 9.59 Å². The Bertz CT molecular complexity index is 827. The van der Waals surface area contributed by atoms with Crippen molar-refractivity contribution in [3.8, 4) is 0 Å². The predicted molar refractivity (Wildman–Crippen MR) is 119 cm³/mol. The van der Waals surface area contributed by atoms with Crippen LogP contribution in [0, 0.1) is 0 Å². The summed E-state index contributed by atoms with van der Waals surface area (Å²) in [6, 6.07) is 14.3. The summed E-state index contributed by atoms with van der Waals surface area (Å²) in [5.74, 6) is -0.258. The van der Waals surface area contributed by atoms with Gasteiger partial charge >= 0.3 is 0 Å². The molecule has 2 rings (SSSR count). The first-order valence-electron chi connectivity index (χ1n) is 9.93. The van der Waals surface area contributed by atoms with Crippen LogP contribution in [0.5, 0.6) is 0 Å². The number of amides is 2. The maximum Gasteiger partial charge on any atom is 0.243 e. The van der Waals surface area contributed by atoms with Crippen molar-refractivity contribution in [1.82, 2.24) is 10.2 Å². The molecule has 0 aromatic heterocycles. The molecule has 29 heavy (non-hydrogen) atoms. The fraction of sp³-hybridized carbons (Fsp3) is 0.391. The SMILES string of the molecule is CCC(=O)N(Cc1ccc(Cl)cc1Cl)[C@H](Cc1ccccc1)C(=O)N[C@@H](C)CC. The third-order valence-electron chi connectivity index (χ3n) is 4.93. The molecule has 6 heteroatoms. The number of hydrogen-bond donors (Lipinski definition) is 1. The van der Waals surface area contributed by atoms with Gasteiger partial charge in [0.15, 0.2) is 0 Å². The summed E-state index contributed by atoms with van der Waals surface area (Å²) in [6.07, 6.45) is 1.54. The third-order valence-corrected chi connectivity index (χ3v) is 5.52. The van der Waals surface area contributed by atoms with Crippen LogP contribution in [0.4, 0.5) is 0 Å². The molecule has 0 heterocycles. The largest absolute Gasteiger partial charge is 0.352 e. The number of carbonyl (C=O) groups is 2. The summed E-state index contributed by atoms with van der Waals surface area (Å²) in [6.45, 7) is 6.01. The number of carbonyl (C=O) groups excluding carboxylic acids is 2. The maximum atomic E-state index is 13.1. The Morgan fingerprint density at radius 3 is 2.34 bits per heavy atom. The average Bonchev–Trinajstić information content (AvgIpc) is 2.72. The highest BCUT2D eigenvalue weighted by Crippen LogP contribution is 2.24. The molecule has 0 saturated heterocycles. The first-order valence-corrected chi connectivity index (χ1v) is 10.7. The topological polar surface area (TPSA) is 49.4 Å². The summed E-state index contributed by atoms with van der Waals surface area (Å²) in [4.78, 5) is 27.6. The lowest BCUT2D eigenvalue weighted by atomic mass is 10.0.